The molecule has 20 heavy (non-hydrogen) atoms. The Labute approximate surface area is 110 Å². The number of halogens is 4. The zero-order chi connectivity index (χ0) is 15.4. The van der Waals surface area contributed by atoms with E-state index < -0.39 is 52.9 Å². The summed E-state index contributed by atoms with van der Waals surface area (Å²) >= 11 is 0. The zero-order valence-electron chi connectivity index (χ0n) is 9.75. The van der Waals surface area contributed by atoms with Crippen molar-refractivity contribution in [1.82, 2.24) is 0 Å². The summed E-state index contributed by atoms with van der Waals surface area (Å²) in [6, 6.07) is 2.36. The minimum Gasteiger partial charge on any atom is -0.481 e. The van der Waals surface area contributed by atoms with Crippen molar-refractivity contribution < 1.29 is 27.4 Å². The first-order chi connectivity index (χ1) is 9.34. The molecule has 104 valence electrons. The topological polar surface area (TPSA) is 77.0 Å². The van der Waals surface area contributed by atoms with Crippen LogP contribution >= 0.6 is 0 Å². The van der Waals surface area contributed by atoms with Gasteiger partial charge < -0.3 is 9.84 Å². The number of ether oxygens (including phenoxy) is 1. The fourth-order valence-corrected chi connectivity index (χ4v) is 1.42. The molecule has 0 saturated carbocycles. The molecule has 0 amide bonds. The molecule has 1 aromatic rings. The van der Waals surface area contributed by atoms with Gasteiger partial charge in [0.15, 0.2) is 23.3 Å². The first kappa shape index (κ1) is 15.3. The van der Waals surface area contributed by atoms with E-state index in [4.69, 9.17) is 15.6 Å². The Morgan fingerprint density at radius 1 is 1.15 bits per heavy atom. The van der Waals surface area contributed by atoms with Gasteiger partial charge in [-0.05, 0) is 6.58 Å². The molecule has 0 bridgehead atoms. The second kappa shape index (κ2) is 5.93. The number of rotatable bonds is 4. The van der Waals surface area contributed by atoms with Crippen LogP contribution < -0.4 is 0 Å². The fraction of sp³-hybridized carbons (Fsp3) is 0.167. The highest BCUT2D eigenvalue weighted by Gasteiger charge is 2.30. The highest BCUT2D eigenvalue weighted by molar-refractivity contribution is 5.40. The summed E-state index contributed by atoms with van der Waals surface area (Å²) in [5.74, 6) is -10.1. The molecule has 4 nitrogen and oxygen atoms in total. The predicted octanol–water partition coefficient (Wildman–Crippen LogP) is 2.77. The minimum absolute atomic E-state index is 0.773. The minimum atomic E-state index is -1.90. The molecule has 0 aromatic heterocycles. The molecule has 0 aliphatic carbocycles. The van der Waals surface area contributed by atoms with E-state index >= 15 is 0 Å². The Morgan fingerprint density at radius 2 is 1.65 bits per heavy atom. The number of hydrogen-bond donors (Lipinski definition) is 1. The van der Waals surface area contributed by atoms with Crippen molar-refractivity contribution in [3.05, 3.63) is 46.9 Å². The lowest BCUT2D eigenvalue weighted by Crippen LogP contribution is -2.14. The largest absolute Gasteiger partial charge is 0.481 e. The maximum Gasteiger partial charge on any atom is 0.269 e. The summed E-state index contributed by atoms with van der Waals surface area (Å²) in [5, 5.41) is 25.8. The number of nitrogens with zero attached hydrogens (tertiary/aromatic N) is 2. The summed E-state index contributed by atoms with van der Waals surface area (Å²) in [6.45, 7) is 2.13. The molecule has 1 unspecified atom stereocenters. The van der Waals surface area contributed by atoms with Gasteiger partial charge >= 0.3 is 0 Å². The van der Waals surface area contributed by atoms with E-state index in [1.807, 2.05) is 0 Å². The monoisotopic (exact) mass is 286 g/mol. The first-order valence-electron chi connectivity index (χ1n) is 5.01. The van der Waals surface area contributed by atoms with Gasteiger partial charge in [0.1, 0.15) is 24.2 Å². The van der Waals surface area contributed by atoms with E-state index in [1.54, 1.807) is 0 Å². The molecule has 1 aromatic carbocycles. The third kappa shape index (κ3) is 2.64. The third-order valence-electron chi connectivity index (χ3n) is 2.33. The van der Waals surface area contributed by atoms with E-state index in [2.05, 4.69) is 11.3 Å². The number of benzene rings is 1. The van der Waals surface area contributed by atoms with E-state index in [0.717, 1.165) is 6.07 Å². The summed E-state index contributed by atoms with van der Waals surface area (Å²) < 4.78 is 58.4. The number of aliphatic hydroxyl groups is 1. The number of aliphatic hydroxyl groups excluding tert-OH is 1. The lowest BCUT2D eigenvalue weighted by atomic mass is 9.97. The quantitative estimate of drug-likeness (QED) is 0.524. The summed E-state index contributed by atoms with van der Waals surface area (Å²) in [7, 11) is 0. The lowest BCUT2D eigenvalue weighted by molar-refractivity contribution is 0.0913. The van der Waals surface area contributed by atoms with Crippen LogP contribution in [0.15, 0.2) is 12.5 Å². The molecular weight excluding hydrogens is 280 g/mol. The van der Waals surface area contributed by atoms with Crippen molar-refractivity contribution in [3.63, 3.8) is 0 Å². The van der Waals surface area contributed by atoms with Crippen LogP contribution in [0.2, 0.25) is 0 Å². The molecule has 8 heteroatoms. The van der Waals surface area contributed by atoms with E-state index in [-0.39, 0.29) is 0 Å². The van der Waals surface area contributed by atoms with Gasteiger partial charge in [-0.2, -0.15) is 10.5 Å². The third-order valence-corrected chi connectivity index (χ3v) is 2.33. The van der Waals surface area contributed by atoms with Crippen molar-refractivity contribution in [2.45, 2.75) is 5.92 Å². The Morgan fingerprint density at radius 3 is 2.00 bits per heavy atom. The zero-order valence-corrected chi connectivity index (χ0v) is 9.75. The maximum atomic E-state index is 13.6. The van der Waals surface area contributed by atoms with Gasteiger partial charge in [0.25, 0.3) is 5.95 Å². The Kier molecular flexibility index (Phi) is 4.54. The molecular formula is C12H6F4N2O2. The van der Waals surface area contributed by atoms with E-state index in [1.165, 1.54) is 6.07 Å². The van der Waals surface area contributed by atoms with Crippen molar-refractivity contribution in [1.29, 1.82) is 10.5 Å². The molecule has 1 N–H and O–H groups in total. The van der Waals surface area contributed by atoms with Gasteiger partial charge in [0.05, 0.1) is 11.6 Å². The van der Waals surface area contributed by atoms with Crippen molar-refractivity contribution in [3.8, 4) is 12.1 Å². The van der Waals surface area contributed by atoms with Gasteiger partial charge in [0.2, 0.25) is 0 Å². The molecule has 0 saturated heterocycles. The van der Waals surface area contributed by atoms with Crippen molar-refractivity contribution in [2.75, 3.05) is 6.61 Å². The highest BCUT2D eigenvalue weighted by Crippen LogP contribution is 2.29. The van der Waals surface area contributed by atoms with Gasteiger partial charge in [-0.25, -0.2) is 17.6 Å². The average Bonchev–Trinajstić information content (AvgIpc) is 2.40. The van der Waals surface area contributed by atoms with Crippen LogP contribution in [0.3, 0.4) is 0 Å². The summed E-state index contributed by atoms with van der Waals surface area (Å²) in [4.78, 5) is 0. The standard InChI is InChI=1S/C12H6F4N2O2/c1-5(19)20-4-6(2-17)8-11(15)9(13)7(3-18)10(14)12(8)16/h6,19H,1,4H2. The second-order valence-corrected chi connectivity index (χ2v) is 3.54. The molecule has 1 rings (SSSR count). The molecule has 1 atom stereocenters. The molecule has 0 aliphatic rings. The lowest BCUT2D eigenvalue weighted by Gasteiger charge is -2.13. The molecule has 0 fully saturated rings. The SMILES string of the molecule is C=C(O)OCC(C#N)c1c(F)c(F)c(C#N)c(F)c1F. The molecule has 0 radical (unpaired) electrons. The van der Waals surface area contributed by atoms with Crippen LogP contribution in [-0.2, 0) is 4.74 Å². The number of nitriles is 2. The van der Waals surface area contributed by atoms with Gasteiger partial charge in [0, 0.05) is 0 Å². The second-order valence-electron chi connectivity index (χ2n) is 3.54. The van der Waals surface area contributed by atoms with Crippen LogP contribution in [0.25, 0.3) is 0 Å². The smallest absolute Gasteiger partial charge is 0.269 e. The molecule has 0 spiro atoms. The van der Waals surface area contributed by atoms with Crippen molar-refractivity contribution in [2.24, 2.45) is 0 Å². The number of hydrogen-bond acceptors (Lipinski definition) is 4. The first-order valence-corrected chi connectivity index (χ1v) is 5.01. The summed E-state index contributed by atoms with van der Waals surface area (Å²) in [6.07, 6.45) is 0. The Balaban J connectivity index is 3.42. The fourth-order valence-electron chi connectivity index (χ4n) is 1.42. The summed E-state index contributed by atoms with van der Waals surface area (Å²) in [5.41, 5.74) is -2.64. The van der Waals surface area contributed by atoms with Crippen LogP contribution in [0.1, 0.15) is 17.0 Å². The normalized spacial score (nSPS) is 11.3. The van der Waals surface area contributed by atoms with Crippen molar-refractivity contribution >= 4 is 0 Å². The molecule has 0 heterocycles. The average molecular weight is 286 g/mol. The molecule has 0 aliphatic heterocycles. The van der Waals surface area contributed by atoms with E-state index in [0.29, 0.717) is 0 Å². The van der Waals surface area contributed by atoms with Crippen LogP contribution in [0, 0.1) is 45.9 Å². The predicted molar refractivity (Wildman–Crippen MR) is 57.1 cm³/mol. The highest BCUT2D eigenvalue weighted by atomic mass is 19.2. The van der Waals surface area contributed by atoms with E-state index in [9.17, 15) is 17.6 Å². The van der Waals surface area contributed by atoms with Gasteiger partial charge in [-0.3, -0.25) is 0 Å². The van der Waals surface area contributed by atoms with Crippen LogP contribution in [0.4, 0.5) is 17.6 Å². The Bertz CT molecular complexity index is 617. The maximum absolute atomic E-state index is 13.6. The van der Waals surface area contributed by atoms with Gasteiger partial charge in [-0.1, -0.05) is 0 Å². The van der Waals surface area contributed by atoms with Crippen LogP contribution in [0.5, 0.6) is 0 Å². The Hall–Kier alpha value is -2.74. The van der Waals surface area contributed by atoms with Gasteiger partial charge in [-0.15, -0.1) is 0 Å². The van der Waals surface area contributed by atoms with Crippen LogP contribution in [-0.4, -0.2) is 11.7 Å².